The third-order valence-electron chi connectivity index (χ3n) is 5.63. The van der Waals surface area contributed by atoms with Gasteiger partial charge >= 0.3 is 0 Å². The number of aromatic nitrogens is 1. The van der Waals surface area contributed by atoms with Crippen LogP contribution >= 0.6 is 0 Å². The van der Waals surface area contributed by atoms with Crippen LogP contribution in [0.25, 0.3) is 10.9 Å². The van der Waals surface area contributed by atoms with Gasteiger partial charge in [0.15, 0.2) is 5.54 Å². The molecule has 0 saturated heterocycles. The summed E-state index contributed by atoms with van der Waals surface area (Å²) in [6.45, 7) is 2.69. The number of nitrogens with one attached hydrogen (secondary N) is 3. The van der Waals surface area contributed by atoms with Crippen LogP contribution in [0.2, 0.25) is 0 Å². The van der Waals surface area contributed by atoms with Crippen molar-refractivity contribution in [3.63, 3.8) is 0 Å². The quantitative estimate of drug-likeness (QED) is 0.486. The lowest BCUT2D eigenvalue weighted by Gasteiger charge is -2.39. The van der Waals surface area contributed by atoms with E-state index >= 15 is 0 Å². The number of amides is 1. The van der Waals surface area contributed by atoms with Crippen molar-refractivity contribution in [1.82, 2.24) is 15.6 Å². The number of furan rings is 2. The molecule has 0 saturated carbocycles. The molecule has 6 heteroatoms. The van der Waals surface area contributed by atoms with Crippen LogP contribution < -0.4 is 10.6 Å². The van der Waals surface area contributed by atoms with Gasteiger partial charge in [-0.2, -0.15) is 0 Å². The Morgan fingerprint density at radius 2 is 1.83 bits per heavy atom. The monoisotopic (exact) mass is 389 g/mol. The Morgan fingerprint density at radius 3 is 2.48 bits per heavy atom. The van der Waals surface area contributed by atoms with Crippen LogP contribution in [0.3, 0.4) is 0 Å². The first-order valence-corrected chi connectivity index (χ1v) is 9.97. The number of carbonyl (C=O) groups is 1. The molecule has 5 rings (SSSR count). The first-order valence-electron chi connectivity index (χ1n) is 9.97. The molecule has 1 aromatic carbocycles. The van der Waals surface area contributed by atoms with Crippen molar-refractivity contribution < 1.29 is 13.6 Å². The molecule has 1 amide bonds. The van der Waals surface area contributed by atoms with E-state index in [0.717, 1.165) is 28.6 Å². The number of rotatable bonds is 5. The van der Waals surface area contributed by atoms with Crippen molar-refractivity contribution >= 4 is 16.8 Å². The minimum Gasteiger partial charge on any atom is -0.466 e. The summed E-state index contributed by atoms with van der Waals surface area (Å²) in [7, 11) is 0. The van der Waals surface area contributed by atoms with E-state index in [9.17, 15) is 4.79 Å². The third kappa shape index (κ3) is 2.71. The van der Waals surface area contributed by atoms with Gasteiger partial charge in [-0.05, 0) is 48.7 Å². The summed E-state index contributed by atoms with van der Waals surface area (Å²) >= 11 is 0. The van der Waals surface area contributed by atoms with Gasteiger partial charge in [-0.3, -0.25) is 10.1 Å². The zero-order valence-corrected chi connectivity index (χ0v) is 16.2. The lowest BCUT2D eigenvalue weighted by Crippen LogP contribution is -2.59. The molecule has 6 nitrogen and oxygen atoms in total. The predicted octanol–water partition coefficient (Wildman–Crippen LogP) is 3.69. The van der Waals surface area contributed by atoms with Gasteiger partial charge in [-0.15, -0.1) is 0 Å². The van der Waals surface area contributed by atoms with Crippen LogP contribution in [0.5, 0.6) is 0 Å². The highest BCUT2D eigenvalue weighted by Gasteiger charge is 2.50. The molecule has 1 aliphatic heterocycles. The molecule has 1 atom stereocenters. The van der Waals surface area contributed by atoms with Gasteiger partial charge < -0.3 is 19.1 Å². The fourth-order valence-electron chi connectivity index (χ4n) is 4.34. The van der Waals surface area contributed by atoms with Crippen molar-refractivity contribution in [2.75, 3.05) is 6.54 Å². The van der Waals surface area contributed by atoms with Crippen LogP contribution in [-0.2, 0) is 16.8 Å². The Bertz CT molecular complexity index is 1090. The average molecular weight is 389 g/mol. The van der Waals surface area contributed by atoms with E-state index < -0.39 is 11.6 Å². The van der Waals surface area contributed by atoms with E-state index in [1.807, 2.05) is 43.3 Å². The minimum absolute atomic E-state index is 0.0229. The molecule has 0 spiro atoms. The Balaban J connectivity index is 1.76. The SMILES string of the molecule is CCCNC(=O)C1Cc2c([nH]c3ccccc23)C(c2ccco2)(c2ccco2)N1. The third-order valence-corrected chi connectivity index (χ3v) is 5.63. The lowest BCUT2D eigenvalue weighted by molar-refractivity contribution is -0.123. The molecule has 0 aliphatic carbocycles. The number of hydrogen-bond donors (Lipinski definition) is 3. The number of fused-ring (bicyclic) bond motifs is 3. The molecule has 1 aliphatic rings. The topological polar surface area (TPSA) is 83.2 Å². The molecule has 4 heterocycles. The number of carbonyl (C=O) groups excluding carboxylic acids is 1. The first kappa shape index (κ1) is 17.8. The Labute approximate surface area is 168 Å². The van der Waals surface area contributed by atoms with Crippen molar-refractivity contribution in [2.45, 2.75) is 31.3 Å². The van der Waals surface area contributed by atoms with E-state index in [-0.39, 0.29) is 5.91 Å². The molecule has 0 radical (unpaired) electrons. The van der Waals surface area contributed by atoms with Crippen molar-refractivity contribution in [3.05, 3.63) is 83.8 Å². The maximum Gasteiger partial charge on any atom is 0.237 e. The fraction of sp³-hybridized carbons (Fsp3) is 0.261. The smallest absolute Gasteiger partial charge is 0.237 e. The van der Waals surface area contributed by atoms with Crippen LogP contribution in [0.1, 0.15) is 36.1 Å². The normalized spacial score (nSPS) is 17.9. The number of para-hydroxylation sites is 1. The number of hydrogen-bond acceptors (Lipinski definition) is 4. The van der Waals surface area contributed by atoms with Crippen LogP contribution in [0, 0.1) is 0 Å². The van der Waals surface area contributed by atoms with Crippen LogP contribution in [0.15, 0.2) is 69.9 Å². The molecule has 0 fully saturated rings. The molecular weight excluding hydrogens is 366 g/mol. The van der Waals surface area contributed by atoms with Gasteiger partial charge in [0.2, 0.25) is 5.91 Å². The summed E-state index contributed by atoms with van der Waals surface area (Å²) in [6.07, 6.45) is 4.76. The fourth-order valence-corrected chi connectivity index (χ4v) is 4.34. The molecule has 0 bridgehead atoms. The van der Waals surface area contributed by atoms with Gasteiger partial charge in [0.05, 0.1) is 24.3 Å². The summed E-state index contributed by atoms with van der Waals surface area (Å²) in [6, 6.07) is 15.3. The van der Waals surface area contributed by atoms with Gasteiger partial charge in [0.1, 0.15) is 11.5 Å². The van der Waals surface area contributed by atoms with Gasteiger partial charge in [0, 0.05) is 17.4 Å². The zero-order valence-electron chi connectivity index (χ0n) is 16.2. The van der Waals surface area contributed by atoms with Crippen molar-refractivity contribution in [2.24, 2.45) is 0 Å². The predicted molar refractivity (Wildman–Crippen MR) is 110 cm³/mol. The molecule has 29 heavy (non-hydrogen) atoms. The van der Waals surface area contributed by atoms with E-state index in [1.165, 1.54) is 0 Å². The molecule has 3 N–H and O–H groups in total. The maximum atomic E-state index is 13.0. The zero-order chi connectivity index (χ0) is 19.8. The molecule has 4 aromatic rings. The molecule has 148 valence electrons. The number of H-pyrrole nitrogens is 1. The highest BCUT2D eigenvalue weighted by molar-refractivity contribution is 5.89. The Hall–Kier alpha value is -3.25. The Kier molecular flexibility index (Phi) is 4.28. The summed E-state index contributed by atoms with van der Waals surface area (Å²) < 4.78 is 11.8. The second-order valence-electron chi connectivity index (χ2n) is 7.42. The lowest BCUT2D eigenvalue weighted by atomic mass is 9.80. The Morgan fingerprint density at radius 1 is 1.10 bits per heavy atom. The summed E-state index contributed by atoms with van der Waals surface area (Å²) in [5.74, 6) is 1.33. The minimum atomic E-state index is -0.923. The van der Waals surface area contributed by atoms with E-state index in [1.54, 1.807) is 12.5 Å². The average Bonchev–Trinajstić information content (AvgIpc) is 3.52. The van der Waals surface area contributed by atoms with Crippen molar-refractivity contribution in [1.29, 1.82) is 0 Å². The highest BCUT2D eigenvalue weighted by Crippen LogP contribution is 2.44. The van der Waals surface area contributed by atoms with Gasteiger partial charge in [-0.1, -0.05) is 25.1 Å². The van der Waals surface area contributed by atoms with Gasteiger partial charge in [0.25, 0.3) is 0 Å². The van der Waals surface area contributed by atoms with E-state index in [4.69, 9.17) is 8.83 Å². The largest absolute Gasteiger partial charge is 0.466 e. The van der Waals surface area contributed by atoms with Crippen LogP contribution in [-0.4, -0.2) is 23.5 Å². The second-order valence-corrected chi connectivity index (χ2v) is 7.42. The van der Waals surface area contributed by atoms with E-state index in [2.05, 4.69) is 27.8 Å². The summed E-state index contributed by atoms with van der Waals surface area (Å²) in [4.78, 5) is 16.6. The van der Waals surface area contributed by atoms with E-state index in [0.29, 0.717) is 24.5 Å². The highest BCUT2D eigenvalue weighted by atomic mass is 16.3. The van der Waals surface area contributed by atoms with Crippen molar-refractivity contribution in [3.8, 4) is 0 Å². The second kappa shape index (κ2) is 6.97. The first-order chi connectivity index (χ1) is 14.2. The van der Waals surface area contributed by atoms with Gasteiger partial charge in [-0.25, -0.2) is 0 Å². The summed E-state index contributed by atoms with van der Waals surface area (Å²) in [5.41, 5.74) is 2.15. The molecular formula is C23H23N3O3. The van der Waals surface area contributed by atoms with Crippen LogP contribution in [0.4, 0.5) is 0 Å². The standard InChI is InChI=1S/C23H23N3O3/c1-2-11-24-22(27)18-14-16-15-7-3-4-8-17(15)25-21(16)23(26-18,19-9-5-12-28-19)20-10-6-13-29-20/h3-10,12-13,18,25-26H,2,11,14H2,1H3,(H,24,27). The number of aromatic amines is 1. The molecule has 3 aromatic heterocycles. The summed E-state index contributed by atoms with van der Waals surface area (Å²) in [5, 5.41) is 7.71. The number of benzene rings is 1. The molecule has 1 unspecified atom stereocenters. The maximum absolute atomic E-state index is 13.0.